The lowest BCUT2D eigenvalue weighted by Gasteiger charge is -2.34. The van der Waals surface area contributed by atoms with Crippen LogP contribution in [0.4, 0.5) is 0 Å². The molecule has 2 heterocycles. The molecule has 0 atom stereocenters. The van der Waals surface area contributed by atoms with E-state index in [1.807, 2.05) is 6.92 Å². The van der Waals surface area contributed by atoms with Crippen LogP contribution in [0.5, 0.6) is 0 Å². The van der Waals surface area contributed by atoms with Gasteiger partial charge in [-0.1, -0.05) is 29.8 Å². The maximum Gasteiger partial charge on any atom is 0.261 e. The van der Waals surface area contributed by atoms with E-state index in [0.29, 0.717) is 55.3 Å². The quantitative estimate of drug-likeness (QED) is 0.696. The molecule has 8 heteroatoms. The predicted octanol–water partition coefficient (Wildman–Crippen LogP) is 1.60. The molecule has 0 bridgehead atoms. The third-order valence-corrected chi connectivity index (χ3v) is 7.42. The smallest absolute Gasteiger partial charge is 0.261 e. The minimum absolute atomic E-state index is 0.258. The van der Waals surface area contributed by atoms with E-state index in [0.717, 1.165) is 5.56 Å². The summed E-state index contributed by atoms with van der Waals surface area (Å²) in [7, 11) is -3.50. The Hall–Kier alpha value is -2.55. The molecule has 2 amide bonds. The number of hydrogen-bond donors (Lipinski definition) is 0. The largest absolute Gasteiger partial charge is 0.299 e. The summed E-state index contributed by atoms with van der Waals surface area (Å²) in [5.41, 5.74) is 1.92. The van der Waals surface area contributed by atoms with Crippen LogP contribution in [0.25, 0.3) is 0 Å². The number of imide groups is 1. The van der Waals surface area contributed by atoms with Gasteiger partial charge in [-0.05, 0) is 31.2 Å². The van der Waals surface area contributed by atoms with Gasteiger partial charge >= 0.3 is 0 Å². The molecule has 0 unspecified atom stereocenters. The molecule has 152 valence electrons. The zero-order valence-electron chi connectivity index (χ0n) is 16.2. The average Bonchev–Trinajstić information content (AvgIpc) is 2.97. The number of amides is 2. The van der Waals surface area contributed by atoms with Gasteiger partial charge in [-0.3, -0.25) is 19.4 Å². The van der Waals surface area contributed by atoms with Crippen LogP contribution < -0.4 is 0 Å². The summed E-state index contributed by atoms with van der Waals surface area (Å²) in [6, 6.07) is 13.7. The molecule has 0 aromatic heterocycles. The van der Waals surface area contributed by atoms with Crippen LogP contribution in [-0.2, 0) is 10.0 Å². The Bertz CT molecular complexity index is 1010. The minimum Gasteiger partial charge on any atom is -0.299 e. The van der Waals surface area contributed by atoms with E-state index in [1.165, 1.54) is 9.21 Å². The second kappa shape index (κ2) is 7.70. The van der Waals surface area contributed by atoms with E-state index < -0.39 is 10.0 Å². The van der Waals surface area contributed by atoms with Gasteiger partial charge in [-0.15, -0.1) is 0 Å². The van der Waals surface area contributed by atoms with Gasteiger partial charge in [0.1, 0.15) is 0 Å². The van der Waals surface area contributed by atoms with Crippen molar-refractivity contribution in [2.24, 2.45) is 0 Å². The van der Waals surface area contributed by atoms with Crippen molar-refractivity contribution in [1.29, 1.82) is 0 Å². The van der Waals surface area contributed by atoms with Gasteiger partial charge < -0.3 is 0 Å². The molecular weight excluding hydrogens is 390 g/mol. The highest BCUT2D eigenvalue weighted by Crippen LogP contribution is 2.22. The van der Waals surface area contributed by atoms with E-state index in [1.54, 1.807) is 48.5 Å². The van der Waals surface area contributed by atoms with E-state index >= 15 is 0 Å². The van der Waals surface area contributed by atoms with Crippen molar-refractivity contribution in [3.8, 4) is 0 Å². The number of piperazine rings is 1. The normalized spacial score (nSPS) is 18.3. The first-order chi connectivity index (χ1) is 13.9. The minimum atomic E-state index is -3.50. The number of sulfonamides is 1. The van der Waals surface area contributed by atoms with Gasteiger partial charge in [0.05, 0.1) is 16.0 Å². The monoisotopic (exact) mass is 413 g/mol. The molecule has 2 aromatic carbocycles. The van der Waals surface area contributed by atoms with Crippen molar-refractivity contribution in [2.45, 2.75) is 11.8 Å². The standard InChI is InChI=1S/C21H23N3O4S/c1-16-6-8-17(9-7-16)29(27,28)23-13-10-22(11-14-23)12-15-24-20(25)18-4-2-3-5-19(18)21(24)26/h2-9H,10-15H2,1H3. The maximum absolute atomic E-state index is 12.8. The Kier molecular flexibility index (Phi) is 5.24. The summed E-state index contributed by atoms with van der Waals surface area (Å²) in [6.07, 6.45) is 0. The number of aryl methyl sites for hydroxylation is 1. The van der Waals surface area contributed by atoms with Gasteiger partial charge in [-0.25, -0.2) is 8.42 Å². The van der Waals surface area contributed by atoms with Crippen molar-refractivity contribution in [3.63, 3.8) is 0 Å². The zero-order chi connectivity index (χ0) is 20.6. The van der Waals surface area contributed by atoms with Crippen molar-refractivity contribution >= 4 is 21.8 Å². The topological polar surface area (TPSA) is 78.0 Å². The highest BCUT2D eigenvalue weighted by atomic mass is 32.2. The summed E-state index contributed by atoms with van der Waals surface area (Å²) < 4.78 is 27.1. The Morgan fingerprint density at radius 3 is 1.90 bits per heavy atom. The van der Waals surface area contributed by atoms with Crippen molar-refractivity contribution in [1.82, 2.24) is 14.1 Å². The molecule has 0 radical (unpaired) electrons. The Morgan fingerprint density at radius 2 is 1.34 bits per heavy atom. The molecular formula is C21H23N3O4S. The lowest BCUT2D eigenvalue weighted by atomic mass is 10.1. The van der Waals surface area contributed by atoms with Crippen LogP contribution in [0.3, 0.4) is 0 Å². The van der Waals surface area contributed by atoms with Crippen molar-refractivity contribution < 1.29 is 18.0 Å². The average molecular weight is 413 g/mol. The number of nitrogens with zero attached hydrogens (tertiary/aromatic N) is 3. The predicted molar refractivity (Wildman–Crippen MR) is 108 cm³/mol. The molecule has 2 aromatic rings. The van der Waals surface area contributed by atoms with E-state index in [9.17, 15) is 18.0 Å². The Balaban J connectivity index is 1.33. The molecule has 1 saturated heterocycles. The van der Waals surface area contributed by atoms with Gasteiger partial charge in [0.2, 0.25) is 10.0 Å². The van der Waals surface area contributed by atoms with Gasteiger partial charge in [0, 0.05) is 39.3 Å². The fourth-order valence-corrected chi connectivity index (χ4v) is 5.16. The summed E-state index contributed by atoms with van der Waals surface area (Å²) in [6.45, 7) is 4.66. The van der Waals surface area contributed by atoms with Crippen LogP contribution in [0.1, 0.15) is 26.3 Å². The molecule has 0 saturated carbocycles. The Morgan fingerprint density at radius 1 is 0.793 bits per heavy atom. The molecule has 2 aliphatic heterocycles. The first-order valence-electron chi connectivity index (χ1n) is 9.62. The lowest BCUT2D eigenvalue weighted by molar-refractivity contribution is 0.0628. The number of fused-ring (bicyclic) bond motifs is 1. The van der Waals surface area contributed by atoms with Crippen LogP contribution in [0.15, 0.2) is 53.4 Å². The lowest BCUT2D eigenvalue weighted by Crippen LogP contribution is -2.50. The highest BCUT2D eigenvalue weighted by Gasteiger charge is 2.35. The second-order valence-electron chi connectivity index (χ2n) is 7.37. The van der Waals surface area contributed by atoms with E-state index in [2.05, 4.69) is 4.90 Å². The molecule has 4 rings (SSSR count). The molecule has 0 spiro atoms. The van der Waals surface area contributed by atoms with Gasteiger partial charge in [0.25, 0.3) is 11.8 Å². The molecule has 1 fully saturated rings. The van der Waals surface area contributed by atoms with Gasteiger partial charge in [0.15, 0.2) is 0 Å². The SMILES string of the molecule is Cc1ccc(S(=O)(=O)N2CCN(CCN3C(=O)c4ccccc4C3=O)CC2)cc1. The summed E-state index contributed by atoms with van der Waals surface area (Å²) >= 11 is 0. The number of carbonyl (C=O) groups excluding carboxylic acids is 2. The van der Waals surface area contributed by atoms with Gasteiger partial charge in [-0.2, -0.15) is 4.31 Å². The second-order valence-corrected chi connectivity index (χ2v) is 9.30. The van der Waals surface area contributed by atoms with Crippen LogP contribution in [0, 0.1) is 6.92 Å². The van der Waals surface area contributed by atoms with Crippen molar-refractivity contribution in [2.75, 3.05) is 39.3 Å². The third-order valence-electron chi connectivity index (χ3n) is 5.51. The fourth-order valence-electron chi connectivity index (χ4n) is 3.74. The van der Waals surface area contributed by atoms with E-state index in [-0.39, 0.29) is 11.8 Å². The molecule has 0 N–H and O–H groups in total. The molecule has 29 heavy (non-hydrogen) atoms. The summed E-state index contributed by atoms with van der Waals surface area (Å²) in [5.74, 6) is -0.516. The number of hydrogen-bond acceptors (Lipinski definition) is 5. The van der Waals surface area contributed by atoms with Crippen LogP contribution in [0.2, 0.25) is 0 Å². The zero-order valence-corrected chi connectivity index (χ0v) is 17.1. The maximum atomic E-state index is 12.8. The number of rotatable bonds is 5. The first-order valence-corrected chi connectivity index (χ1v) is 11.1. The van der Waals surface area contributed by atoms with Crippen LogP contribution >= 0.6 is 0 Å². The molecule has 0 aliphatic carbocycles. The number of benzene rings is 2. The van der Waals surface area contributed by atoms with Crippen molar-refractivity contribution in [3.05, 3.63) is 65.2 Å². The summed E-state index contributed by atoms with van der Waals surface area (Å²) in [5, 5.41) is 0. The Labute approximate surface area is 170 Å². The van der Waals surface area contributed by atoms with Crippen LogP contribution in [-0.4, -0.2) is 73.6 Å². The fraction of sp³-hybridized carbons (Fsp3) is 0.333. The summed E-state index contributed by atoms with van der Waals surface area (Å²) in [4.78, 5) is 28.6. The molecule has 2 aliphatic rings. The third kappa shape index (κ3) is 3.71. The van der Waals surface area contributed by atoms with E-state index in [4.69, 9.17) is 0 Å². The highest BCUT2D eigenvalue weighted by molar-refractivity contribution is 7.89. The molecule has 7 nitrogen and oxygen atoms in total. The first kappa shape index (κ1) is 19.8. The number of carbonyl (C=O) groups is 2.